The number of ether oxygens (including phenoxy) is 1. The number of hydrogen-bond acceptors (Lipinski definition) is 3. The Morgan fingerprint density at radius 2 is 2.05 bits per heavy atom. The van der Waals surface area contributed by atoms with E-state index in [4.69, 9.17) is 4.74 Å². The lowest BCUT2D eigenvalue weighted by Crippen LogP contribution is -2.21. The summed E-state index contributed by atoms with van der Waals surface area (Å²) in [7, 11) is 0. The third-order valence-electron chi connectivity index (χ3n) is 3.36. The van der Waals surface area contributed by atoms with Crippen LogP contribution in [0.1, 0.15) is 36.2 Å². The highest BCUT2D eigenvalue weighted by molar-refractivity contribution is 9.10. The normalized spacial score (nSPS) is 16.1. The summed E-state index contributed by atoms with van der Waals surface area (Å²) in [5.74, 6) is 0.983. The van der Waals surface area contributed by atoms with Crippen LogP contribution in [0.4, 0.5) is 0 Å². The molecule has 0 amide bonds. The van der Waals surface area contributed by atoms with E-state index in [-0.39, 0.29) is 6.04 Å². The first-order valence-electron chi connectivity index (χ1n) is 7.01. The van der Waals surface area contributed by atoms with Gasteiger partial charge in [0.25, 0.3) is 0 Å². The molecule has 0 aliphatic heterocycles. The zero-order chi connectivity index (χ0) is 13.9. The van der Waals surface area contributed by atoms with Crippen molar-refractivity contribution in [2.24, 2.45) is 0 Å². The van der Waals surface area contributed by atoms with Gasteiger partial charge in [0.05, 0.1) is 12.1 Å². The van der Waals surface area contributed by atoms with Crippen LogP contribution in [0.2, 0.25) is 0 Å². The maximum absolute atomic E-state index is 5.81. The maximum atomic E-state index is 5.81. The van der Waals surface area contributed by atoms with E-state index in [1.54, 1.807) is 11.3 Å². The van der Waals surface area contributed by atoms with E-state index in [2.05, 4.69) is 63.9 Å². The molecule has 2 aromatic rings. The van der Waals surface area contributed by atoms with Crippen molar-refractivity contribution in [3.8, 4) is 5.75 Å². The van der Waals surface area contributed by atoms with Gasteiger partial charge < -0.3 is 10.1 Å². The lowest BCUT2D eigenvalue weighted by molar-refractivity contribution is 0.303. The molecule has 0 saturated heterocycles. The minimum absolute atomic E-state index is 0.240. The van der Waals surface area contributed by atoms with Crippen molar-refractivity contribution in [3.05, 3.63) is 50.6 Å². The van der Waals surface area contributed by atoms with Crippen LogP contribution < -0.4 is 10.1 Å². The Morgan fingerprint density at radius 1 is 1.30 bits per heavy atom. The molecule has 1 heterocycles. The third-order valence-corrected chi connectivity index (χ3v) is 5.29. The van der Waals surface area contributed by atoms with Crippen molar-refractivity contribution in [2.75, 3.05) is 6.54 Å². The van der Waals surface area contributed by atoms with E-state index in [0.717, 1.165) is 12.3 Å². The van der Waals surface area contributed by atoms with E-state index in [0.29, 0.717) is 6.10 Å². The topological polar surface area (TPSA) is 21.3 Å². The molecule has 1 aliphatic carbocycles. The fraction of sp³-hybridized carbons (Fsp3) is 0.375. The number of rotatable bonds is 6. The molecule has 1 aromatic heterocycles. The first kappa shape index (κ1) is 14.1. The quantitative estimate of drug-likeness (QED) is 0.810. The Kier molecular flexibility index (Phi) is 4.44. The fourth-order valence-electron chi connectivity index (χ4n) is 2.19. The molecule has 0 radical (unpaired) electrons. The Balaban J connectivity index is 1.81. The molecule has 1 unspecified atom stereocenters. The molecular formula is C16H18BrNOS. The number of nitrogens with one attached hydrogen (secondary N) is 1. The van der Waals surface area contributed by atoms with Crippen LogP contribution in [-0.2, 0) is 0 Å². The van der Waals surface area contributed by atoms with Crippen LogP contribution in [-0.4, -0.2) is 12.6 Å². The van der Waals surface area contributed by atoms with Gasteiger partial charge in [-0.15, -0.1) is 11.3 Å². The Labute approximate surface area is 132 Å². The van der Waals surface area contributed by atoms with Gasteiger partial charge in [-0.25, -0.2) is 0 Å². The second-order valence-electron chi connectivity index (χ2n) is 5.01. The van der Waals surface area contributed by atoms with E-state index in [9.17, 15) is 0 Å². The third kappa shape index (κ3) is 3.25. The summed E-state index contributed by atoms with van der Waals surface area (Å²) in [6.45, 7) is 3.08. The van der Waals surface area contributed by atoms with Gasteiger partial charge in [0, 0.05) is 9.35 Å². The second-order valence-corrected chi connectivity index (χ2v) is 6.81. The Bertz CT molecular complexity index is 562. The molecule has 1 fully saturated rings. The zero-order valence-electron chi connectivity index (χ0n) is 11.4. The first-order valence-corrected chi connectivity index (χ1v) is 8.68. The lowest BCUT2D eigenvalue weighted by Gasteiger charge is -2.18. The Hall–Kier alpha value is -0.840. The van der Waals surface area contributed by atoms with E-state index in [1.165, 1.54) is 27.8 Å². The average Bonchev–Trinajstić information content (AvgIpc) is 3.17. The minimum Gasteiger partial charge on any atom is -0.490 e. The van der Waals surface area contributed by atoms with Crippen LogP contribution in [0.5, 0.6) is 5.75 Å². The van der Waals surface area contributed by atoms with Gasteiger partial charge in [0.1, 0.15) is 5.75 Å². The SMILES string of the molecule is CCNC(c1ccc(OC2CC2)cc1)c1sccc1Br. The summed E-state index contributed by atoms with van der Waals surface area (Å²) >= 11 is 5.41. The molecule has 2 nitrogen and oxygen atoms in total. The molecule has 106 valence electrons. The van der Waals surface area contributed by atoms with E-state index >= 15 is 0 Å². The van der Waals surface area contributed by atoms with Gasteiger partial charge in [-0.2, -0.15) is 0 Å². The maximum Gasteiger partial charge on any atom is 0.119 e. The number of benzene rings is 1. The number of halogens is 1. The van der Waals surface area contributed by atoms with Crippen LogP contribution in [0.3, 0.4) is 0 Å². The van der Waals surface area contributed by atoms with Crippen LogP contribution in [0.15, 0.2) is 40.2 Å². The molecule has 4 heteroatoms. The van der Waals surface area contributed by atoms with Gasteiger partial charge in [0.2, 0.25) is 0 Å². The van der Waals surface area contributed by atoms with Gasteiger partial charge in [-0.05, 0) is 64.5 Å². The van der Waals surface area contributed by atoms with E-state index < -0.39 is 0 Å². The molecule has 3 rings (SSSR count). The lowest BCUT2D eigenvalue weighted by atomic mass is 10.1. The summed E-state index contributed by atoms with van der Waals surface area (Å²) in [4.78, 5) is 1.32. The van der Waals surface area contributed by atoms with Crippen molar-refractivity contribution < 1.29 is 4.74 Å². The highest BCUT2D eigenvalue weighted by atomic mass is 79.9. The largest absolute Gasteiger partial charge is 0.490 e. The summed E-state index contributed by atoms with van der Waals surface area (Å²) in [6, 6.07) is 10.8. The average molecular weight is 352 g/mol. The number of thiophene rings is 1. The predicted octanol–water partition coefficient (Wildman–Crippen LogP) is 4.75. The molecule has 0 bridgehead atoms. The van der Waals surface area contributed by atoms with Gasteiger partial charge >= 0.3 is 0 Å². The van der Waals surface area contributed by atoms with Gasteiger partial charge in [-0.1, -0.05) is 19.1 Å². The van der Waals surface area contributed by atoms with Crippen molar-refractivity contribution in [2.45, 2.75) is 31.9 Å². The van der Waals surface area contributed by atoms with Crippen LogP contribution in [0, 0.1) is 0 Å². The summed E-state index contributed by atoms with van der Waals surface area (Å²) in [5.41, 5.74) is 1.28. The highest BCUT2D eigenvalue weighted by Crippen LogP contribution is 2.34. The fourth-order valence-corrected chi connectivity index (χ4v) is 3.90. The molecule has 1 aliphatic rings. The van der Waals surface area contributed by atoms with E-state index in [1.807, 2.05) is 0 Å². The molecule has 1 aromatic carbocycles. The molecule has 20 heavy (non-hydrogen) atoms. The summed E-state index contributed by atoms with van der Waals surface area (Å²) in [6.07, 6.45) is 2.85. The summed E-state index contributed by atoms with van der Waals surface area (Å²) in [5, 5.41) is 5.67. The molecule has 0 spiro atoms. The molecule has 1 atom stereocenters. The Morgan fingerprint density at radius 3 is 2.60 bits per heavy atom. The zero-order valence-corrected chi connectivity index (χ0v) is 13.8. The van der Waals surface area contributed by atoms with Crippen LogP contribution >= 0.6 is 27.3 Å². The van der Waals surface area contributed by atoms with Crippen molar-refractivity contribution >= 4 is 27.3 Å². The predicted molar refractivity (Wildman–Crippen MR) is 87.6 cm³/mol. The summed E-state index contributed by atoms with van der Waals surface area (Å²) < 4.78 is 6.98. The second kappa shape index (κ2) is 6.29. The number of hydrogen-bond donors (Lipinski definition) is 1. The minimum atomic E-state index is 0.240. The van der Waals surface area contributed by atoms with Crippen LogP contribution in [0.25, 0.3) is 0 Å². The van der Waals surface area contributed by atoms with Crippen molar-refractivity contribution in [3.63, 3.8) is 0 Å². The smallest absolute Gasteiger partial charge is 0.119 e. The molecular weight excluding hydrogens is 334 g/mol. The monoisotopic (exact) mass is 351 g/mol. The first-order chi connectivity index (χ1) is 9.78. The molecule has 1 N–H and O–H groups in total. The molecule has 1 saturated carbocycles. The van der Waals surface area contributed by atoms with Gasteiger partial charge in [0.15, 0.2) is 0 Å². The van der Waals surface area contributed by atoms with Crippen molar-refractivity contribution in [1.82, 2.24) is 5.32 Å². The van der Waals surface area contributed by atoms with Crippen molar-refractivity contribution in [1.29, 1.82) is 0 Å². The highest BCUT2D eigenvalue weighted by Gasteiger charge is 2.23. The standard InChI is InChI=1S/C16H18BrNOS/c1-2-18-15(16-14(17)9-10-20-16)11-3-5-12(6-4-11)19-13-7-8-13/h3-6,9-10,13,15,18H,2,7-8H2,1H3. The van der Waals surface area contributed by atoms with Gasteiger partial charge in [-0.3, -0.25) is 0 Å².